The van der Waals surface area contributed by atoms with Gasteiger partial charge in [0.1, 0.15) is 23.3 Å². The Morgan fingerprint density at radius 2 is 1.93 bits per heavy atom. The Morgan fingerprint density at radius 3 is 2.55 bits per heavy atom. The molecule has 1 aromatic heterocycles. The Labute approximate surface area is 243 Å². The number of carbonyl (C=O) groups is 2. The van der Waals surface area contributed by atoms with Crippen molar-refractivity contribution < 1.29 is 36.8 Å². The number of hydrogen-bond donors (Lipinski definition) is 3. The second kappa shape index (κ2) is 12.4. The lowest BCUT2D eigenvalue weighted by Gasteiger charge is -2.38. The molecule has 3 aromatic rings. The Hall–Kier alpha value is -4.17. The highest BCUT2D eigenvalue weighted by Crippen LogP contribution is 2.36. The zero-order chi connectivity index (χ0) is 30.8. The average molecular weight is 604 g/mol. The van der Waals surface area contributed by atoms with E-state index in [1.165, 1.54) is 28.0 Å². The van der Waals surface area contributed by atoms with Gasteiger partial charge in [-0.05, 0) is 57.2 Å². The van der Waals surface area contributed by atoms with Crippen molar-refractivity contribution in [3.63, 3.8) is 0 Å². The first kappa shape index (κ1) is 30.8. The van der Waals surface area contributed by atoms with E-state index in [1.54, 1.807) is 27.8 Å². The summed E-state index contributed by atoms with van der Waals surface area (Å²) in [7, 11) is -2.62. The van der Waals surface area contributed by atoms with Gasteiger partial charge >= 0.3 is 6.03 Å². The van der Waals surface area contributed by atoms with Crippen LogP contribution in [0.3, 0.4) is 0 Å². The Bertz CT molecular complexity index is 1540. The number of aryl methyl sites for hydroxylation is 2. The number of amides is 3. The highest BCUT2D eigenvalue weighted by molar-refractivity contribution is 7.92. The molecule has 0 saturated carbocycles. The number of nitrogens with zero attached hydrogens (tertiary/aromatic N) is 3. The van der Waals surface area contributed by atoms with E-state index >= 15 is 0 Å². The second-order valence-corrected chi connectivity index (χ2v) is 12.1. The summed E-state index contributed by atoms with van der Waals surface area (Å²) in [4.78, 5) is 29.5. The Morgan fingerprint density at radius 1 is 1.24 bits per heavy atom. The molecule has 226 valence electrons. The number of urea groups is 1. The van der Waals surface area contributed by atoms with E-state index in [2.05, 4.69) is 15.2 Å². The van der Waals surface area contributed by atoms with Crippen molar-refractivity contribution in [2.24, 2.45) is 5.92 Å². The van der Waals surface area contributed by atoms with Crippen molar-refractivity contribution in [2.45, 2.75) is 44.7 Å². The summed E-state index contributed by atoms with van der Waals surface area (Å²) in [5.41, 5.74) is 1.04. The second-order valence-electron chi connectivity index (χ2n) is 10.4. The topological polar surface area (TPSA) is 154 Å². The SMILES string of the molecule is Cc1noc(C)c1NC(=O)N(C)C[C@H]1Oc2c(NS(=O)(=O)c3ccc(F)cc3)cccc2C(=O)N([C@@H](C)CO)C[C@@H]1C. The molecule has 0 radical (unpaired) electrons. The molecule has 3 atom stereocenters. The van der Waals surface area contributed by atoms with Gasteiger partial charge in [-0.2, -0.15) is 0 Å². The lowest BCUT2D eigenvalue weighted by atomic mass is 9.99. The van der Waals surface area contributed by atoms with Crippen LogP contribution in [0.1, 0.15) is 35.7 Å². The maximum atomic E-state index is 13.7. The van der Waals surface area contributed by atoms with Gasteiger partial charge in [-0.15, -0.1) is 0 Å². The van der Waals surface area contributed by atoms with Gasteiger partial charge in [-0.3, -0.25) is 9.52 Å². The van der Waals surface area contributed by atoms with Crippen molar-refractivity contribution >= 4 is 33.3 Å². The van der Waals surface area contributed by atoms with Gasteiger partial charge in [0.15, 0.2) is 11.5 Å². The van der Waals surface area contributed by atoms with E-state index in [0.29, 0.717) is 17.1 Å². The number of hydrogen-bond acceptors (Lipinski definition) is 8. The van der Waals surface area contributed by atoms with Gasteiger partial charge in [0, 0.05) is 19.5 Å². The number of carbonyl (C=O) groups excluding carboxylic acids is 2. The largest absolute Gasteiger partial charge is 0.485 e. The number of aliphatic hydroxyl groups excluding tert-OH is 1. The van der Waals surface area contributed by atoms with E-state index in [1.807, 2.05) is 6.92 Å². The number of halogens is 1. The van der Waals surface area contributed by atoms with Crippen LogP contribution in [0.15, 0.2) is 51.9 Å². The fraction of sp³-hybridized carbons (Fsp3) is 0.393. The quantitative estimate of drug-likeness (QED) is 0.353. The molecule has 0 spiro atoms. The number of para-hydroxylation sites is 1. The summed E-state index contributed by atoms with van der Waals surface area (Å²) < 4.78 is 53.7. The summed E-state index contributed by atoms with van der Waals surface area (Å²) >= 11 is 0. The van der Waals surface area contributed by atoms with Crippen molar-refractivity contribution in [2.75, 3.05) is 36.8 Å². The van der Waals surface area contributed by atoms with Gasteiger partial charge in [0.2, 0.25) is 0 Å². The van der Waals surface area contributed by atoms with Crippen molar-refractivity contribution in [1.29, 1.82) is 0 Å². The summed E-state index contributed by atoms with van der Waals surface area (Å²) in [6.07, 6.45) is -0.706. The molecule has 1 aliphatic rings. The minimum Gasteiger partial charge on any atom is -0.485 e. The molecule has 3 N–H and O–H groups in total. The molecule has 14 heteroatoms. The van der Waals surface area contributed by atoms with E-state index < -0.39 is 39.9 Å². The van der Waals surface area contributed by atoms with E-state index in [4.69, 9.17) is 9.26 Å². The number of rotatable bonds is 8. The van der Waals surface area contributed by atoms with E-state index in [9.17, 15) is 27.5 Å². The summed E-state index contributed by atoms with van der Waals surface area (Å²) in [6, 6.07) is 7.76. The smallest absolute Gasteiger partial charge is 0.321 e. The molecule has 0 saturated heterocycles. The molecule has 4 rings (SSSR count). The van der Waals surface area contributed by atoms with Gasteiger partial charge < -0.3 is 29.5 Å². The number of benzene rings is 2. The van der Waals surface area contributed by atoms with E-state index in [-0.39, 0.29) is 47.5 Å². The van der Waals surface area contributed by atoms with Crippen molar-refractivity contribution in [1.82, 2.24) is 15.0 Å². The predicted molar refractivity (Wildman–Crippen MR) is 152 cm³/mol. The van der Waals surface area contributed by atoms with Crippen molar-refractivity contribution in [3.05, 3.63) is 65.3 Å². The Balaban J connectivity index is 1.70. The molecule has 0 unspecified atom stereocenters. The molecule has 0 aliphatic carbocycles. The van der Waals surface area contributed by atoms with Gasteiger partial charge in [-0.1, -0.05) is 18.1 Å². The third-order valence-corrected chi connectivity index (χ3v) is 8.51. The Kier molecular flexibility index (Phi) is 9.06. The maximum absolute atomic E-state index is 13.7. The molecule has 3 amide bonds. The number of likely N-dealkylation sites (N-methyl/N-ethyl adjacent to an activating group) is 1. The zero-order valence-electron chi connectivity index (χ0n) is 23.9. The summed E-state index contributed by atoms with van der Waals surface area (Å²) in [6.45, 7) is 6.88. The molecular formula is C28H34FN5O7S. The number of sulfonamides is 1. The lowest BCUT2D eigenvalue weighted by molar-refractivity contribution is 0.0373. The molecule has 2 aromatic carbocycles. The number of anilines is 2. The number of nitrogens with one attached hydrogen (secondary N) is 2. The van der Waals surface area contributed by atoms with Crippen LogP contribution in [0.5, 0.6) is 5.75 Å². The van der Waals surface area contributed by atoms with Crippen molar-refractivity contribution in [3.8, 4) is 5.75 Å². The molecule has 42 heavy (non-hydrogen) atoms. The minimum atomic E-state index is -4.19. The van der Waals surface area contributed by atoms with Crippen LogP contribution < -0.4 is 14.8 Å². The fourth-order valence-corrected chi connectivity index (χ4v) is 5.64. The first-order valence-corrected chi connectivity index (χ1v) is 14.8. The minimum absolute atomic E-state index is 0.0105. The normalized spacial score (nSPS) is 17.9. The van der Waals surface area contributed by atoms with Gasteiger partial charge in [-0.25, -0.2) is 17.6 Å². The predicted octanol–water partition coefficient (Wildman–Crippen LogP) is 3.62. The first-order valence-electron chi connectivity index (χ1n) is 13.3. The van der Waals surface area contributed by atoms with Crippen LogP contribution in [0.4, 0.5) is 20.6 Å². The molecule has 2 heterocycles. The van der Waals surface area contributed by atoms with E-state index in [0.717, 1.165) is 24.3 Å². The number of aromatic nitrogens is 1. The van der Waals surface area contributed by atoms with Crippen LogP contribution in [0.2, 0.25) is 0 Å². The zero-order valence-corrected chi connectivity index (χ0v) is 24.7. The highest BCUT2D eigenvalue weighted by atomic mass is 32.2. The van der Waals surface area contributed by atoms with Crippen LogP contribution >= 0.6 is 0 Å². The number of ether oxygens (including phenoxy) is 1. The lowest BCUT2D eigenvalue weighted by Crippen LogP contribution is -2.50. The highest BCUT2D eigenvalue weighted by Gasteiger charge is 2.35. The van der Waals surface area contributed by atoms with Crippen LogP contribution in [0, 0.1) is 25.6 Å². The maximum Gasteiger partial charge on any atom is 0.321 e. The number of fused-ring (bicyclic) bond motifs is 1. The van der Waals surface area contributed by atoms with Crippen LogP contribution in [-0.4, -0.2) is 79.3 Å². The standard InChI is InChI=1S/C28H34FN5O7S/c1-16-13-34(17(2)15-35)27(36)22-7-6-8-23(32-42(38,39)21-11-9-20(29)10-12-21)26(22)40-24(16)14-33(5)28(37)30-25-18(3)31-41-19(25)4/h6-12,16-17,24,32,35H,13-15H2,1-5H3,(H,30,37)/t16-,17-,24+/m0/s1. The summed E-state index contributed by atoms with van der Waals surface area (Å²) in [5, 5.41) is 16.5. The molecule has 12 nitrogen and oxygen atoms in total. The average Bonchev–Trinajstić information content (AvgIpc) is 3.26. The molecule has 0 fully saturated rings. The molecule has 1 aliphatic heterocycles. The van der Waals surface area contributed by atoms with Crippen LogP contribution in [0.25, 0.3) is 0 Å². The van der Waals surface area contributed by atoms with Gasteiger partial charge in [0.05, 0.1) is 35.3 Å². The fourth-order valence-electron chi connectivity index (χ4n) is 4.58. The molecule has 0 bridgehead atoms. The molecular weight excluding hydrogens is 569 g/mol. The first-order chi connectivity index (χ1) is 19.8. The van der Waals surface area contributed by atoms with Gasteiger partial charge in [0.25, 0.3) is 15.9 Å². The van der Waals surface area contributed by atoms with Crippen LogP contribution in [-0.2, 0) is 10.0 Å². The third kappa shape index (κ3) is 6.49. The summed E-state index contributed by atoms with van der Waals surface area (Å²) in [5.74, 6) is -0.982. The number of aliphatic hydroxyl groups is 1. The monoisotopic (exact) mass is 603 g/mol. The third-order valence-electron chi connectivity index (χ3n) is 7.13.